The van der Waals surface area contributed by atoms with E-state index in [1.54, 1.807) is 0 Å². The second-order valence-electron chi connectivity index (χ2n) is 3.73. The lowest BCUT2D eigenvalue weighted by molar-refractivity contribution is 0.756. The Morgan fingerprint density at radius 3 is 2.79 bits per heavy atom. The maximum Gasteiger partial charge on any atom is 0.0628 e. The highest BCUT2D eigenvalue weighted by molar-refractivity contribution is 5.18. The molecular formula is C12H20N2. The minimum Gasteiger partial charge on any atom is -0.275 e. The number of unbranched alkanes of at least 4 members (excludes halogenated alkanes) is 2. The molecule has 0 bridgehead atoms. The van der Waals surface area contributed by atoms with Crippen LogP contribution in [0.3, 0.4) is 0 Å². The molecule has 1 aromatic heterocycles. The summed E-state index contributed by atoms with van der Waals surface area (Å²) < 4.78 is 1.88. The third-order valence-electron chi connectivity index (χ3n) is 2.34. The molecule has 1 rings (SSSR count). The van der Waals surface area contributed by atoms with Gasteiger partial charge in [-0.05, 0) is 25.3 Å². The summed E-state index contributed by atoms with van der Waals surface area (Å²) in [6.45, 7) is 4.29. The van der Waals surface area contributed by atoms with Gasteiger partial charge >= 0.3 is 0 Å². The summed E-state index contributed by atoms with van der Waals surface area (Å²) >= 11 is 0. The van der Waals surface area contributed by atoms with E-state index in [-0.39, 0.29) is 0 Å². The van der Waals surface area contributed by atoms with Crippen LogP contribution < -0.4 is 0 Å². The van der Waals surface area contributed by atoms with E-state index in [4.69, 9.17) is 0 Å². The molecule has 0 saturated heterocycles. The van der Waals surface area contributed by atoms with Gasteiger partial charge in [0.05, 0.1) is 5.69 Å². The zero-order valence-corrected chi connectivity index (χ0v) is 9.45. The van der Waals surface area contributed by atoms with E-state index in [2.05, 4.69) is 37.3 Å². The molecule has 0 spiro atoms. The van der Waals surface area contributed by atoms with Gasteiger partial charge in [-0.15, -0.1) is 0 Å². The highest BCUT2D eigenvalue weighted by atomic mass is 15.2. The van der Waals surface area contributed by atoms with E-state index >= 15 is 0 Å². The molecule has 0 aliphatic carbocycles. The predicted octanol–water partition coefficient (Wildman–Crippen LogP) is 3.02. The van der Waals surface area contributed by atoms with E-state index in [0.717, 1.165) is 12.1 Å². The lowest BCUT2D eigenvalue weighted by Gasteiger charge is -1.91. The van der Waals surface area contributed by atoms with Gasteiger partial charge in [0.15, 0.2) is 0 Å². The molecular weight excluding hydrogens is 172 g/mol. The number of aromatic nitrogens is 2. The zero-order valence-electron chi connectivity index (χ0n) is 9.45. The van der Waals surface area contributed by atoms with Crippen molar-refractivity contribution in [2.45, 2.75) is 39.5 Å². The second-order valence-corrected chi connectivity index (χ2v) is 3.73. The summed E-state index contributed by atoms with van der Waals surface area (Å²) in [4.78, 5) is 0. The summed E-state index contributed by atoms with van der Waals surface area (Å²) in [5, 5.41) is 4.31. The Kier molecular flexibility index (Phi) is 4.44. The number of hydrogen-bond acceptors (Lipinski definition) is 1. The highest BCUT2D eigenvalue weighted by Crippen LogP contribution is 2.06. The van der Waals surface area contributed by atoms with Gasteiger partial charge in [0, 0.05) is 13.2 Å². The number of allylic oxidation sites excluding steroid dienone is 2. The third-order valence-corrected chi connectivity index (χ3v) is 2.34. The second kappa shape index (κ2) is 5.63. The molecule has 0 amide bonds. The number of hydrogen-bond donors (Lipinski definition) is 0. The molecule has 0 unspecified atom stereocenters. The average molecular weight is 192 g/mol. The first-order chi connectivity index (χ1) is 6.74. The maximum absolute atomic E-state index is 4.31. The van der Waals surface area contributed by atoms with Gasteiger partial charge in [-0.3, -0.25) is 4.68 Å². The van der Waals surface area contributed by atoms with E-state index in [1.807, 2.05) is 11.7 Å². The molecule has 2 nitrogen and oxygen atoms in total. The first kappa shape index (κ1) is 11.0. The Morgan fingerprint density at radius 1 is 1.43 bits per heavy atom. The van der Waals surface area contributed by atoms with Gasteiger partial charge in [-0.25, -0.2) is 0 Å². The van der Waals surface area contributed by atoms with Gasteiger partial charge in [-0.2, -0.15) is 5.10 Å². The Hall–Kier alpha value is -1.05. The summed E-state index contributed by atoms with van der Waals surface area (Å²) in [7, 11) is 1.97. The summed E-state index contributed by atoms with van der Waals surface area (Å²) in [5.74, 6) is 0. The molecule has 1 aromatic rings. The minimum absolute atomic E-state index is 1.02. The van der Waals surface area contributed by atoms with Crippen LogP contribution >= 0.6 is 0 Å². The van der Waals surface area contributed by atoms with Gasteiger partial charge in [0.2, 0.25) is 0 Å². The number of nitrogens with zero attached hydrogens (tertiary/aromatic N) is 2. The fourth-order valence-corrected chi connectivity index (χ4v) is 1.50. The first-order valence-electron chi connectivity index (χ1n) is 5.38. The van der Waals surface area contributed by atoms with Crippen LogP contribution in [-0.4, -0.2) is 9.78 Å². The standard InChI is InChI=1S/C12H20N2/c1-4-5-6-7-8-9-12-10-14(3)13-11(12)2/h7-8,10H,4-6,9H2,1-3H3/b8-7+. The molecule has 0 N–H and O–H groups in total. The fraction of sp³-hybridized carbons (Fsp3) is 0.583. The van der Waals surface area contributed by atoms with Crippen LogP contribution in [-0.2, 0) is 13.5 Å². The summed E-state index contributed by atoms with van der Waals surface area (Å²) in [6.07, 6.45) is 11.4. The van der Waals surface area contributed by atoms with Crippen molar-refractivity contribution >= 4 is 0 Å². The van der Waals surface area contributed by atoms with Crippen molar-refractivity contribution in [1.29, 1.82) is 0 Å². The van der Waals surface area contributed by atoms with E-state index in [0.29, 0.717) is 0 Å². The fourth-order valence-electron chi connectivity index (χ4n) is 1.50. The Bertz CT molecular complexity index is 297. The summed E-state index contributed by atoms with van der Waals surface area (Å²) in [5.41, 5.74) is 2.48. The largest absolute Gasteiger partial charge is 0.275 e. The first-order valence-corrected chi connectivity index (χ1v) is 5.38. The quantitative estimate of drug-likeness (QED) is 0.518. The molecule has 2 heteroatoms. The molecule has 0 radical (unpaired) electrons. The normalized spacial score (nSPS) is 11.4. The van der Waals surface area contributed by atoms with Crippen molar-refractivity contribution in [2.24, 2.45) is 7.05 Å². The van der Waals surface area contributed by atoms with Gasteiger partial charge in [0.1, 0.15) is 0 Å². The highest BCUT2D eigenvalue weighted by Gasteiger charge is 1.99. The molecule has 1 heterocycles. The van der Waals surface area contributed by atoms with Crippen molar-refractivity contribution in [1.82, 2.24) is 9.78 Å². The monoisotopic (exact) mass is 192 g/mol. The van der Waals surface area contributed by atoms with Gasteiger partial charge in [0.25, 0.3) is 0 Å². The van der Waals surface area contributed by atoms with Crippen LogP contribution in [0.25, 0.3) is 0 Å². The van der Waals surface area contributed by atoms with Crippen LogP contribution in [0.15, 0.2) is 18.3 Å². The Morgan fingerprint density at radius 2 is 2.21 bits per heavy atom. The average Bonchev–Trinajstić information content (AvgIpc) is 2.45. The van der Waals surface area contributed by atoms with Gasteiger partial charge < -0.3 is 0 Å². The Labute approximate surface area is 86.6 Å². The van der Waals surface area contributed by atoms with Crippen LogP contribution in [0.4, 0.5) is 0 Å². The minimum atomic E-state index is 1.02. The molecule has 0 atom stereocenters. The number of rotatable bonds is 5. The zero-order chi connectivity index (χ0) is 10.4. The van der Waals surface area contributed by atoms with Crippen molar-refractivity contribution in [3.8, 4) is 0 Å². The molecule has 78 valence electrons. The third kappa shape index (κ3) is 3.36. The van der Waals surface area contributed by atoms with Crippen molar-refractivity contribution < 1.29 is 0 Å². The topological polar surface area (TPSA) is 17.8 Å². The summed E-state index contributed by atoms with van der Waals surface area (Å²) in [6, 6.07) is 0. The molecule has 0 aromatic carbocycles. The van der Waals surface area contributed by atoms with Crippen molar-refractivity contribution in [3.63, 3.8) is 0 Å². The van der Waals surface area contributed by atoms with Crippen molar-refractivity contribution in [3.05, 3.63) is 29.6 Å². The van der Waals surface area contributed by atoms with E-state index < -0.39 is 0 Å². The lowest BCUT2D eigenvalue weighted by Crippen LogP contribution is -1.86. The van der Waals surface area contributed by atoms with Crippen LogP contribution in [0.1, 0.15) is 37.4 Å². The van der Waals surface area contributed by atoms with Crippen LogP contribution in [0.2, 0.25) is 0 Å². The molecule has 0 fully saturated rings. The van der Waals surface area contributed by atoms with E-state index in [1.165, 1.54) is 24.8 Å². The smallest absolute Gasteiger partial charge is 0.0628 e. The Balaban J connectivity index is 2.37. The maximum atomic E-state index is 4.31. The molecule has 0 aliphatic heterocycles. The molecule has 0 aliphatic rings. The predicted molar refractivity (Wildman–Crippen MR) is 60.3 cm³/mol. The van der Waals surface area contributed by atoms with Gasteiger partial charge in [-0.1, -0.05) is 31.9 Å². The van der Waals surface area contributed by atoms with E-state index in [9.17, 15) is 0 Å². The SMILES string of the molecule is CCCC/C=C/Cc1cn(C)nc1C. The van der Waals surface area contributed by atoms with Crippen LogP contribution in [0, 0.1) is 6.92 Å². The number of aryl methyl sites for hydroxylation is 2. The van der Waals surface area contributed by atoms with Crippen molar-refractivity contribution in [2.75, 3.05) is 0 Å². The lowest BCUT2D eigenvalue weighted by atomic mass is 10.1. The molecule has 0 saturated carbocycles. The molecule has 14 heavy (non-hydrogen) atoms. The van der Waals surface area contributed by atoms with Crippen LogP contribution in [0.5, 0.6) is 0 Å².